The van der Waals surface area contributed by atoms with Gasteiger partial charge in [0.2, 0.25) is 0 Å². The number of carbonyl (C=O) groups excluding carboxylic acids is 1. The molecule has 0 bridgehead atoms. The van der Waals surface area contributed by atoms with Gasteiger partial charge < -0.3 is 10.1 Å². The van der Waals surface area contributed by atoms with E-state index >= 15 is 0 Å². The maximum Gasteiger partial charge on any atom is 0.320 e. The molecule has 0 aromatic heterocycles. The summed E-state index contributed by atoms with van der Waals surface area (Å²) in [5.74, 6) is -0.101. The molecule has 0 amide bonds. The molecule has 0 aromatic rings. The summed E-state index contributed by atoms with van der Waals surface area (Å²) in [6.07, 6.45) is 2.37. The summed E-state index contributed by atoms with van der Waals surface area (Å²) in [6, 6.07) is 0.504. The van der Waals surface area contributed by atoms with Crippen LogP contribution in [0.5, 0.6) is 0 Å². The highest BCUT2D eigenvalue weighted by Gasteiger charge is 2.25. The van der Waals surface area contributed by atoms with E-state index in [-0.39, 0.29) is 18.4 Å². The minimum atomic E-state index is -0.101. The van der Waals surface area contributed by atoms with Crippen molar-refractivity contribution in [2.75, 3.05) is 33.3 Å². The number of likely N-dealkylation sites (tertiary alicyclic amines) is 1. The normalized spacial score (nSPS) is 21.1. The molecule has 0 aromatic carbocycles. The van der Waals surface area contributed by atoms with Gasteiger partial charge in [0.25, 0.3) is 0 Å². The van der Waals surface area contributed by atoms with Gasteiger partial charge in [0, 0.05) is 12.6 Å². The molecule has 0 radical (unpaired) electrons. The van der Waals surface area contributed by atoms with Gasteiger partial charge in [-0.2, -0.15) is 0 Å². The molecule has 1 heterocycles. The molecule has 90 valence electrons. The Kier molecular flexibility index (Phi) is 7.74. The van der Waals surface area contributed by atoms with Crippen molar-refractivity contribution in [3.05, 3.63) is 0 Å². The van der Waals surface area contributed by atoms with E-state index < -0.39 is 0 Å². The molecule has 0 aliphatic carbocycles. The number of halogens is 1. The maximum atomic E-state index is 11.3. The molecule has 4 nitrogen and oxygen atoms in total. The average molecular weight is 237 g/mol. The number of nitrogens with zero attached hydrogens (tertiary/aromatic N) is 1. The molecule has 1 atom stereocenters. The van der Waals surface area contributed by atoms with E-state index in [9.17, 15) is 4.79 Å². The predicted molar refractivity (Wildman–Crippen MR) is 62.4 cm³/mol. The number of esters is 1. The highest BCUT2D eigenvalue weighted by atomic mass is 35.5. The summed E-state index contributed by atoms with van der Waals surface area (Å²) in [4.78, 5) is 13.5. The van der Waals surface area contributed by atoms with Crippen molar-refractivity contribution >= 4 is 18.4 Å². The van der Waals surface area contributed by atoms with E-state index in [4.69, 9.17) is 4.74 Å². The van der Waals surface area contributed by atoms with Gasteiger partial charge in [0.05, 0.1) is 13.2 Å². The lowest BCUT2D eigenvalue weighted by Gasteiger charge is -2.22. The zero-order valence-electron chi connectivity index (χ0n) is 9.49. The molecule has 0 spiro atoms. The SMILES string of the molecule is CCOC(=O)CN1CCCC1CNC.Cl. The van der Waals surface area contributed by atoms with Crippen LogP contribution in [0.1, 0.15) is 19.8 Å². The summed E-state index contributed by atoms with van der Waals surface area (Å²) in [6.45, 7) is 4.74. The van der Waals surface area contributed by atoms with Gasteiger partial charge in [-0.1, -0.05) is 0 Å². The summed E-state index contributed by atoms with van der Waals surface area (Å²) < 4.78 is 4.93. The lowest BCUT2D eigenvalue weighted by Crippen LogP contribution is -2.40. The van der Waals surface area contributed by atoms with Crippen LogP contribution in [0.2, 0.25) is 0 Å². The first kappa shape index (κ1) is 14.7. The van der Waals surface area contributed by atoms with Crippen molar-refractivity contribution < 1.29 is 9.53 Å². The standard InChI is InChI=1S/C10H20N2O2.ClH/c1-3-14-10(13)8-12-6-4-5-9(12)7-11-2;/h9,11H,3-8H2,1-2H3;1H. The van der Waals surface area contributed by atoms with E-state index in [0.717, 1.165) is 13.1 Å². The van der Waals surface area contributed by atoms with Crippen LogP contribution in [0.15, 0.2) is 0 Å². The van der Waals surface area contributed by atoms with Crippen LogP contribution in [0.25, 0.3) is 0 Å². The largest absolute Gasteiger partial charge is 0.465 e. The number of hydrogen-bond donors (Lipinski definition) is 1. The van der Waals surface area contributed by atoms with Crippen molar-refractivity contribution in [2.45, 2.75) is 25.8 Å². The maximum absolute atomic E-state index is 11.3. The summed E-state index contributed by atoms with van der Waals surface area (Å²) in [7, 11) is 1.95. The third kappa shape index (κ3) is 4.82. The van der Waals surface area contributed by atoms with Crippen LogP contribution < -0.4 is 5.32 Å². The smallest absolute Gasteiger partial charge is 0.320 e. The Morgan fingerprint density at radius 2 is 2.33 bits per heavy atom. The second kappa shape index (κ2) is 7.91. The predicted octanol–water partition coefficient (Wildman–Crippen LogP) is 0.655. The average Bonchev–Trinajstić information content (AvgIpc) is 2.54. The number of rotatable bonds is 5. The van der Waals surface area contributed by atoms with Crippen LogP contribution in [0, 0.1) is 0 Å². The minimum absolute atomic E-state index is 0. The van der Waals surface area contributed by atoms with Crippen LogP contribution >= 0.6 is 12.4 Å². The van der Waals surface area contributed by atoms with Gasteiger partial charge in [0.15, 0.2) is 0 Å². The molecule has 1 unspecified atom stereocenters. The highest BCUT2D eigenvalue weighted by molar-refractivity contribution is 5.85. The Balaban J connectivity index is 0.00000196. The number of likely N-dealkylation sites (N-methyl/N-ethyl adjacent to an activating group) is 1. The Hall–Kier alpha value is -0.320. The Morgan fingerprint density at radius 3 is 2.93 bits per heavy atom. The van der Waals surface area contributed by atoms with Crippen LogP contribution in [-0.2, 0) is 9.53 Å². The molecule has 1 rings (SSSR count). The fraction of sp³-hybridized carbons (Fsp3) is 0.900. The van der Waals surface area contributed by atoms with E-state index in [2.05, 4.69) is 10.2 Å². The number of nitrogens with one attached hydrogen (secondary N) is 1. The van der Waals surface area contributed by atoms with Crippen LogP contribution in [0.3, 0.4) is 0 Å². The third-order valence-corrected chi connectivity index (χ3v) is 2.58. The van der Waals surface area contributed by atoms with Crippen molar-refractivity contribution in [2.24, 2.45) is 0 Å². The quantitative estimate of drug-likeness (QED) is 0.712. The molecule has 1 aliphatic heterocycles. The summed E-state index contributed by atoms with van der Waals surface area (Å²) in [5, 5.41) is 3.15. The number of ether oxygens (including phenoxy) is 1. The first-order chi connectivity index (χ1) is 6.77. The van der Waals surface area contributed by atoms with Gasteiger partial charge >= 0.3 is 5.97 Å². The molecule has 1 aliphatic rings. The van der Waals surface area contributed by atoms with Gasteiger partial charge in [0.1, 0.15) is 0 Å². The summed E-state index contributed by atoms with van der Waals surface area (Å²) >= 11 is 0. The molecular weight excluding hydrogens is 216 g/mol. The van der Waals surface area contributed by atoms with Gasteiger partial charge in [-0.15, -0.1) is 12.4 Å². The second-order valence-electron chi connectivity index (χ2n) is 3.63. The Morgan fingerprint density at radius 1 is 1.60 bits per heavy atom. The van der Waals surface area contributed by atoms with Crippen molar-refractivity contribution in [1.82, 2.24) is 10.2 Å². The minimum Gasteiger partial charge on any atom is -0.465 e. The highest BCUT2D eigenvalue weighted by Crippen LogP contribution is 2.15. The van der Waals surface area contributed by atoms with E-state index in [1.807, 2.05) is 14.0 Å². The van der Waals surface area contributed by atoms with Gasteiger partial charge in [-0.05, 0) is 33.4 Å². The van der Waals surface area contributed by atoms with E-state index in [0.29, 0.717) is 19.2 Å². The van der Waals surface area contributed by atoms with Crippen LogP contribution in [0.4, 0.5) is 0 Å². The van der Waals surface area contributed by atoms with Crippen molar-refractivity contribution in [3.63, 3.8) is 0 Å². The zero-order valence-corrected chi connectivity index (χ0v) is 10.3. The molecular formula is C10H21ClN2O2. The van der Waals surface area contributed by atoms with E-state index in [1.165, 1.54) is 12.8 Å². The fourth-order valence-electron chi connectivity index (χ4n) is 1.94. The van der Waals surface area contributed by atoms with Crippen LogP contribution in [-0.4, -0.2) is 50.2 Å². The molecule has 1 fully saturated rings. The van der Waals surface area contributed by atoms with E-state index in [1.54, 1.807) is 0 Å². The van der Waals surface area contributed by atoms with Gasteiger partial charge in [-0.25, -0.2) is 0 Å². The monoisotopic (exact) mass is 236 g/mol. The van der Waals surface area contributed by atoms with Crippen molar-refractivity contribution in [3.8, 4) is 0 Å². The number of carbonyl (C=O) groups is 1. The fourth-order valence-corrected chi connectivity index (χ4v) is 1.94. The Bertz CT molecular complexity index is 190. The number of hydrogen-bond acceptors (Lipinski definition) is 4. The first-order valence-electron chi connectivity index (χ1n) is 5.32. The molecule has 5 heteroatoms. The lowest BCUT2D eigenvalue weighted by molar-refractivity contribution is -0.144. The molecule has 15 heavy (non-hydrogen) atoms. The lowest BCUT2D eigenvalue weighted by atomic mass is 10.2. The third-order valence-electron chi connectivity index (χ3n) is 2.58. The van der Waals surface area contributed by atoms with Crippen molar-refractivity contribution in [1.29, 1.82) is 0 Å². The first-order valence-corrected chi connectivity index (χ1v) is 5.32. The summed E-state index contributed by atoms with van der Waals surface area (Å²) in [5.41, 5.74) is 0. The second-order valence-corrected chi connectivity index (χ2v) is 3.63. The zero-order chi connectivity index (χ0) is 10.4. The topological polar surface area (TPSA) is 41.6 Å². The molecule has 1 saturated heterocycles. The Labute approximate surface area is 97.8 Å². The molecule has 0 saturated carbocycles. The van der Waals surface area contributed by atoms with Gasteiger partial charge in [-0.3, -0.25) is 9.69 Å². The molecule has 1 N–H and O–H groups in total.